The summed E-state index contributed by atoms with van der Waals surface area (Å²) in [6, 6.07) is 5.74. The Morgan fingerprint density at radius 2 is 1.44 bits per heavy atom. The summed E-state index contributed by atoms with van der Waals surface area (Å²) in [4.78, 5) is 10.9. The van der Waals surface area contributed by atoms with Crippen molar-refractivity contribution in [2.45, 2.75) is 69.3 Å². The number of nitrogens with two attached hydrogens (primary N) is 1. The van der Waals surface area contributed by atoms with Crippen molar-refractivity contribution in [3.05, 3.63) is 29.8 Å². The molecule has 2 unspecified atom stereocenters. The molecule has 17 heteroatoms. The van der Waals surface area contributed by atoms with E-state index in [0.717, 1.165) is 30.5 Å². The minimum atomic E-state index is -5.85. The van der Waals surface area contributed by atoms with Crippen molar-refractivity contribution in [2.75, 3.05) is 27.9 Å². The third kappa shape index (κ3) is 13.0. The van der Waals surface area contributed by atoms with E-state index < -0.39 is 43.4 Å². The van der Waals surface area contributed by atoms with E-state index in [-0.39, 0.29) is 36.7 Å². The van der Waals surface area contributed by atoms with Crippen LogP contribution in [0.1, 0.15) is 58.4 Å². The maximum atomic E-state index is 12.2. The van der Waals surface area contributed by atoms with Gasteiger partial charge in [-0.1, -0.05) is 39.8 Å². The van der Waals surface area contributed by atoms with Crippen LogP contribution < -0.4 is 23.0 Å². The molecule has 0 saturated carbocycles. The van der Waals surface area contributed by atoms with Crippen LogP contribution in [-0.4, -0.2) is 65.1 Å². The summed E-state index contributed by atoms with van der Waals surface area (Å²) in [5, 5.41) is 0. The summed E-state index contributed by atoms with van der Waals surface area (Å²) in [5.41, 5.74) is -4.83. The second kappa shape index (κ2) is 17.8. The predicted octanol–water partition coefficient (Wildman–Crippen LogP) is 0.150. The number of rotatable bonds is 14. The fraction of sp³-hybridized carbons (Fsp3) is 0.682. The van der Waals surface area contributed by atoms with Gasteiger partial charge in [0.2, 0.25) is 0 Å². The standard InChI is InChI=1S/C11H14F3NO4S2.C11H24O5Si.Li/c1-3-8(2)9-4-6-10(7-5-9)20(16,17)15-21(18,19)11(12,13)14;1-6-10(2)11(12)16-8-7-9-17(13-3,14-4)15-5;/h4-8,15H,3H2,1-2H3;10H,6-9H2,1-5H3;/q;;+1/p+1. The van der Waals surface area contributed by atoms with Gasteiger partial charge in [0.1, 0.15) is 4.90 Å². The average Bonchev–Trinajstić information content (AvgIpc) is 2.87. The first-order valence-corrected chi connectivity index (χ1v) is 16.8. The molecule has 2 atom stereocenters. The average molecular weight is 618 g/mol. The third-order valence-corrected chi connectivity index (χ3v) is 12.2. The number of carbonyl (C=O) groups excluding carboxylic acids is 1. The van der Waals surface area contributed by atoms with Gasteiger partial charge in [-0.25, -0.2) is 0 Å². The second-order valence-electron chi connectivity index (χ2n) is 8.39. The molecule has 10 nitrogen and oxygen atoms in total. The van der Waals surface area contributed by atoms with Crippen molar-refractivity contribution in [2.24, 2.45) is 5.92 Å². The molecule has 0 aromatic heterocycles. The maximum Gasteiger partial charge on any atom is 1.00 e. The number of primary sulfonamides is 2. The molecule has 0 aliphatic carbocycles. The molecule has 0 aliphatic rings. The largest absolute Gasteiger partial charge is 1.00 e. The molecule has 0 aliphatic heterocycles. The quantitative estimate of drug-likeness (QED) is 0.176. The molecule has 1 aromatic rings. The van der Waals surface area contributed by atoms with Crippen LogP contribution in [0.25, 0.3) is 0 Å². The van der Waals surface area contributed by atoms with Gasteiger partial charge in [-0.3, -0.25) is 4.79 Å². The first kappa shape index (κ1) is 40.2. The van der Waals surface area contributed by atoms with Crippen LogP contribution in [0.15, 0.2) is 29.2 Å². The van der Waals surface area contributed by atoms with Gasteiger partial charge in [-0.05, 0) is 42.9 Å². The first-order chi connectivity index (χ1) is 17.5. The van der Waals surface area contributed by atoms with E-state index in [1.54, 1.807) is 21.3 Å². The van der Waals surface area contributed by atoms with E-state index in [4.69, 9.17) is 18.0 Å². The molecule has 2 N–H and O–H groups in total. The molecular weight excluding hydrogens is 578 g/mol. The fourth-order valence-corrected chi connectivity index (χ4v) is 7.25. The Balaban J connectivity index is 0. The Morgan fingerprint density at radius 3 is 1.82 bits per heavy atom. The molecule has 39 heavy (non-hydrogen) atoms. The predicted molar refractivity (Wildman–Crippen MR) is 136 cm³/mol. The van der Waals surface area contributed by atoms with Gasteiger partial charge in [-0.2, -0.15) is 30.0 Å². The van der Waals surface area contributed by atoms with E-state index in [1.165, 1.54) is 12.1 Å². The van der Waals surface area contributed by atoms with E-state index in [9.17, 15) is 34.8 Å². The Hall–Kier alpha value is -0.966. The van der Waals surface area contributed by atoms with Crippen LogP contribution in [0.2, 0.25) is 6.04 Å². The van der Waals surface area contributed by atoms with Crippen LogP contribution >= 0.6 is 0 Å². The zero-order valence-corrected chi connectivity index (χ0v) is 26.3. The van der Waals surface area contributed by atoms with E-state index in [2.05, 4.69) is 0 Å². The number of quaternary nitrogens is 1. The third-order valence-electron chi connectivity index (χ3n) is 5.79. The number of ether oxygens (including phenoxy) is 1. The molecule has 0 fully saturated rings. The van der Waals surface area contributed by atoms with Gasteiger partial charge >= 0.3 is 59.2 Å². The van der Waals surface area contributed by atoms with Gasteiger partial charge in [0.25, 0.3) is 0 Å². The summed E-state index contributed by atoms with van der Waals surface area (Å²) >= 11 is 0. The second-order valence-corrected chi connectivity index (χ2v) is 15.4. The van der Waals surface area contributed by atoms with Gasteiger partial charge in [0.15, 0.2) is 0 Å². The first-order valence-electron chi connectivity index (χ1n) is 11.8. The van der Waals surface area contributed by atoms with Crippen molar-refractivity contribution in [3.63, 3.8) is 0 Å². The minimum absolute atomic E-state index is 0. The molecule has 0 amide bonds. The number of alkyl halides is 3. The van der Waals surface area contributed by atoms with E-state index in [0.29, 0.717) is 19.1 Å². The number of hydrogen-bond acceptors (Lipinski definition) is 9. The maximum absolute atomic E-state index is 12.2. The number of esters is 1. The summed E-state index contributed by atoms with van der Waals surface area (Å²) in [6.07, 6.45) is 2.29. The van der Waals surface area contributed by atoms with Crippen LogP contribution in [0.3, 0.4) is 0 Å². The fourth-order valence-electron chi connectivity index (χ4n) is 2.83. The van der Waals surface area contributed by atoms with Crippen LogP contribution in [0, 0.1) is 5.92 Å². The van der Waals surface area contributed by atoms with Crippen molar-refractivity contribution < 1.29 is 75.8 Å². The van der Waals surface area contributed by atoms with Gasteiger partial charge in [0, 0.05) is 27.4 Å². The van der Waals surface area contributed by atoms with E-state index in [1.807, 2.05) is 27.7 Å². The molecule has 0 spiro atoms. The summed E-state index contributed by atoms with van der Waals surface area (Å²) in [6.45, 7) is 8.04. The van der Waals surface area contributed by atoms with E-state index >= 15 is 0 Å². The number of hydrogen-bond donors (Lipinski definition) is 1. The summed E-state index contributed by atoms with van der Waals surface area (Å²) in [5.74, 6) is -0.0269. The van der Waals surface area contributed by atoms with Crippen molar-refractivity contribution in [1.82, 2.24) is 0 Å². The SMILES string of the molecule is CCC(C)C(=O)OCCC[Si](OC)(OC)OC.CCC(C)c1ccc(S(=O)(=O)[NH2+]S(=O)(=O)C(F)(F)F)cc1.[Li+]. The van der Waals surface area contributed by atoms with Crippen molar-refractivity contribution in [1.29, 1.82) is 0 Å². The molecule has 0 radical (unpaired) electrons. The Morgan fingerprint density at radius 1 is 0.949 bits per heavy atom. The molecular formula is C22H39F3LiNO9S2Si+2. The van der Waals surface area contributed by atoms with Crippen LogP contribution in [0.5, 0.6) is 0 Å². The zero-order chi connectivity index (χ0) is 29.8. The zero-order valence-electron chi connectivity index (χ0n) is 23.7. The molecule has 0 saturated heterocycles. The number of halogens is 3. The smallest absolute Gasteiger partial charge is 0.465 e. The van der Waals surface area contributed by atoms with Gasteiger partial charge in [0.05, 0.1) is 12.5 Å². The van der Waals surface area contributed by atoms with Gasteiger partial charge < -0.3 is 18.0 Å². The van der Waals surface area contributed by atoms with Crippen LogP contribution in [0.4, 0.5) is 13.2 Å². The molecule has 0 heterocycles. The van der Waals surface area contributed by atoms with Crippen molar-refractivity contribution in [3.8, 4) is 0 Å². The van der Waals surface area contributed by atoms with Crippen LogP contribution in [-0.2, 0) is 42.9 Å². The summed E-state index contributed by atoms with van der Waals surface area (Å²) < 4.78 is 102. The minimum Gasteiger partial charge on any atom is -0.465 e. The molecule has 1 aromatic carbocycles. The topological polar surface area (TPSA) is 139 Å². The molecule has 222 valence electrons. The molecule has 0 bridgehead atoms. The Labute approximate surface area is 243 Å². The Kier molecular flexibility index (Phi) is 18.3. The number of sulfonamides is 2. The number of carbonyl (C=O) groups is 1. The molecule has 1 rings (SSSR count). The Bertz CT molecular complexity index is 1060. The monoisotopic (exact) mass is 617 g/mol. The summed E-state index contributed by atoms with van der Waals surface area (Å²) in [7, 11) is -8.33. The number of benzene rings is 1. The normalized spacial score (nSPS) is 13.9. The van der Waals surface area contributed by atoms with Crippen molar-refractivity contribution >= 4 is 34.8 Å². The van der Waals surface area contributed by atoms with Gasteiger partial charge in [-0.15, -0.1) is 4.13 Å².